The first-order valence-corrected chi connectivity index (χ1v) is 9.35. The number of aromatic nitrogens is 2. The van der Waals surface area contributed by atoms with Gasteiger partial charge in [-0.2, -0.15) is 0 Å². The van der Waals surface area contributed by atoms with Crippen molar-refractivity contribution in [2.45, 2.75) is 6.54 Å². The van der Waals surface area contributed by atoms with E-state index in [4.69, 9.17) is 5.73 Å². The summed E-state index contributed by atoms with van der Waals surface area (Å²) in [5.74, 6) is -0.729. The van der Waals surface area contributed by atoms with Crippen LogP contribution in [0.5, 0.6) is 0 Å². The molecule has 4 aromatic rings. The summed E-state index contributed by atoms with van der Waals surface area (Å²) in [6, 6.07) is 14.0. The Morgan fingerprint density at radius 3 is 2.47 bits per heavy atom. The van der Waals surface area contributed by atoms with E-state index in [0.717, 1.165) is 5.82 Å². The first kappa shape index (κ1) is 19.6. The van der Waals surface area contributed by atoms with Crippen molar-refractivity contribution in [3.05, 3.63) is 83.7 Å². The minimum Gasteiger partial charge on any atom is -0.364 e. The molecule has 0 bridgehead atoms. The second-order valence-electron chi connectivity index (χ2n) is 7.26. The number of amides is 1. The molecule has 4 rings (SSSR count). The van der Waals surface area contributed by atoms with Gasteiger partial charge in [-0.25, -0.2) is 13.8 Å². The molecule has 0 aliphatic heterocycles. The van der Waals surface area contributed by atoms with Gasteiger partial charge in [-0.1, -0.05) is 12.1 Å². The molecular weight excluding hydrogens is 386 g/mol. The number of hydrogen-bond donors (Lipinski definition) is 1. The molecule has 5 nitrogen and oxygen atoms in total. The summed E-state index contributed by atoms with van der Waals surface area (Å²) >= 11 is 0. The molecule has 2 aromatic heterocycles. The summed E-state index contributed by atoms with van der Waals surface area (Å²) in [5.41, 5.74) is 8.37. The molecule has 2 N–H and O–H groups in total. The van der Waals surface area contributed by atoms with Gasteiger partial charge in [0.1, 0.15) is 23.1 Å². The van der Waals surface area contributed by atoms with Gasteiger partial charge in [-0.05, 0) is 48.0 Å². The number of carbonyl (C=O) groups is 1. The van der Waals surface area contributed by atoms with Gasteiger partial charge >= 0.3 is 0 Å². The predicted octanol–water partition coefficient (Wildman–Crippen LogP) is 4.19. The van der Waals surface area contributed by atoms with Crippen LogP contribution in [0.15, 0.2) is 60.8 Å². The van der Waals surface area contributed by atoms with E-state index in [1.54, 1.807) is 29.0 Å². The molecule has 0 saturated carbocycles. The molecule has 2 heterocycles. The first-order chi connectivity index (χ1) is 14.3. The topological polar surface area (TPSA) is 64.2 Å². The number of nitrogens with two attached hydrogens (primary N) is 1. The Labute approximate surface area is 172 Å². The van der Waals surface area contributed by atoms with Crippen LogP contribution in [0.1, 0.15) is 16.1 Å². The number of primary amides is 1. The Bertz CT molecular complexity index is 1250. The van der Waals surface area contributed by atoms with E-state index in [1.165, 1.54) is 24.3 Å². The van der Waals surface area contributed by atoms with Gasteiger partial charge in [-0.15, -0.1) is 0 Å². The highest BCUT2D eigenvalue weighted by Gasteiger charge is 2.23. The number of benzene rings is 2. The van der Waals surface area contributed by atoms with Gasteiger partial charge in [0.2, 0.25) is 0 Å². The molecular formula is C23H20F2N4O. The maximum absolute atomic E-state index is 14.1. The van der Waals surface area contributed by atoms with E-state index in [2.05, 4.69) is 4.98 Å². The zero-order chi connectivity index (χ0) is 21.4. The van der Waals surface area contributed by atoms with Crippen molar-refractivity contribution in [1.82, 2.24) is 9.55 Å². The zero-order valence-corrected chi connectivity index (χ0v) is 16.6. The average molecular weight is 406 g/mol. The third kappa shape index (κ3) is 3.50. The molecule has 0 fully saturated rings. The lowest BCUT2D eigenvalue weighted by atomic mass is 10.0. The number of pyridine rings is 1. The highest BCUT2D eigenvalue weighted by molar-refractivity contribution is 6.09. The lowest BCUT2D eigenvalue weighted by Crippen LogP contribution is -2.18. The van der Waals surface area contributed by atoms with Crippen molar-refractivity contribution in [1.29, 1.82) is 0 Å². The van der Waals surface area contributed by atoms with Crippen LogP contribution in [0.4, 0.5) is 14.6 Å². The summed E-state index contributed by atoms with van der Waals surface area (Å²) < 4.78 is 29.4. The van der Waals surface area contributed by atoms with Gasteiger partial charge in [-0.3, -0.25) is 4.79 Å². The maximum atomic E-state index is 14.1. The predicted molar refractivity (Wildman–Crippen MR) is 113 cm³/mol. The quantitative estimate of drug-likeness (QED) is 0.540. The van der Waals surface area contributed by atoms with Gasteiger partial charge < -0.3 is 15.2 Å². The number of halogens is 2. The van der Waals surface area contributed by atoms with Gasteiger partial charge in [0.25, 0.3) is 5.91 Å². The fraction of sp³-hybridized carbons (Fsp3) is 0.130. The SMILES string of the molecule is CN(C)c1ccc(-c2c(C(N)=O)n(Cc3cccc(F)c3)c3cc(F)ccc23)cn1. The van der Waals surface area contributed by atoms with Gasteiger partial charge in [0.15, 0.2) is 0 Å². The Kier molecular flexibility index (Phi) is 4.95. The smallest absolute Gasteiger partial charge is 0.266 e. The number of anilines is 1. The van der Waals surface area contributed by atoms with Crippen LogP contribution >= 0.6 is 0 Å². The van der Waals surface area contributed by atoms with Crippen molar-refractivity contribution < 1.29 is 13.6 Å². The minimum absolute atomic E-state index is 0.166. The van der Waals surface area contributed by atoms with Crippen LogP contribution in [-0.4, -0.2) is 29.6 Å². The molecule has 152 valence electrons. The highest BCUT2D eigenvalue weighted by atomic mass is 19.1. The molecule has 0 radical (unpaired) electrons. The van der Waals surface area contributed by atoms with Crippen molar-refractivity contribution >= 4 is 22.6 Å². The third-order valence-electron chi connectivity index (χ3n) is 4.98. The van der Waals surface area contributed by atoms with E-state index in [-0.39, 0.29) is 18.1 Å². The van der Waals surface area contributed by atoms with Crippen LogP contribution in [0.3, 0.4) is 0 Å². The van der Waals surface area contributed by atoms with Crippen molar-refractivity contribution in [3.8, 4) is 11.1 Å². The van der Waals surface area contributed by atoms with Crippen molar-refractivity contribution in [2.75, 3.05) is 19.0 Å². The molecule has 1 amide bonds. The zero-order valence-electron chi connectivity index (χ0n) is 16.6. The summed E-state index contributed by atoms with van der Waals surface area (Å²) in [7, 11) is 3.76. The van der Waals surface area contributed by atoms with E-state index in [9.17, 15) is 13.6 Å². The first-order valence-electron chi connectivity index (χ1n) is 9.35. The lowest BCUT2D eigenvalue weighted by molar-refractivity contribution is 0.0993. The van der Waals surface area contributed by atoms with Gasteiger partial charge in [0, 0.05) is 43.4 Å². The van der Waals surface area contributed by atoms with Gasteiger partial charge in [0.05, 0.1) is 5.52 Å². The molecule has 0 spiro atoms. The maximum Gasteiger partial charge on any atom is 0.266 e. The Morgan fingerprint density at radius 1 is 1.07 bits per heavy atom. The normalized spacial score (nSPS) is 11.1. The molecule has 0 aliphatic rings. The molecule has 0 aliphatic carbocycles. The fourth-order valence-corrected chi connectivity index (χ4v) is 3.65. The minimum atomic E-state index is -0.658. The van der Waals surface area contributed by atoms with Crippen molar-refractivity contribution in [3.63, 3.8) is 0 Å². The number of nitrogens with zero attached hydrogens (tertiary/aromatic N) is 3. The molecule has 0 saturated heterocycles. The summed E-state index contributed by atoms with van der Waals surface area (Å²) in [5, 5.41) is 0.668. The fourth-order valence-electron chi connectivity index (χ4n) is 3.65. The molecule has 2 aromatic carbocycles. The van der Waals surface area contributed by atoms with E-state index < -0.39 is 11.7 Å². The number of hydrogen-bond acceptors (Lipinski definition) is 3. The largest absolute Gasteiger partial charge is 0.364 e. The second-order valence-corrected chi connectivity index (χ2v) is 7.26. The Hall–Kier alpha value is -3.74. The van der Waals surface area contributed by atoms with Crippen LogP contribution in [0, 0.1) is 11.6 Å². The number of carbonyl (C=O) groups excluding carboxylic acids is 1. The van der Waals surface area contributed by atoms with Crippen LogP contribution in [0.25, 0.3) is 22.0 Å². The lowest BCUT2D eigenvalue weighted by Gasteiger charge is -2.12. The van der Waals surface area contributed by atoms with Crippen LogP contribution < -0.4 is 10.6 Å². The molecule has 30 heavy (non-hydrogen) atoms. The van der Waals surface area contributed by atoms with E-state index in [1.807, 2.05) is 31.1 Å². The van der Waals surface area contributed by atoms with E-state index in [0.29, 0.717) is 27.6 Å². The number of fused-ring (bicyclic) bond motifs is 1. The summed E-state index contributed by atoms with van der Waals surface area (Å²) in [6.45, 7) is 0.166. The molecule has 0 atom stereocenters. The van der Waals surface area contributed by atoms with Crippen LogP contribution in [0.2, 0.25) is 0 Å². The highest BCUT2D eigenvalue weighted by Crippen LogP contribution is 2.36. The summed E-state index contributed by atoms with van der Waals surface area (Å²) in [4.78, 5) is 18.8. The third-order valence-corrected chi connectivity index (χ3v) is 4.98. The molecule has 0 unspecified atom stereocenters. The Morgan fingerprint density at radius 2 is 1.83 bits per heavy atom. The van der Waals surface area contributed by atoms with Crippen LogP contribution in [-0.2, 0) is 6.54 Å². The molecule has 7 heteroatoms. The summed E-state index contributed by atoms with van der Waals surface area (Å²) in [6.07, 6.45) is 1.66. The Balaban J connectivity index is 1.98. The van der Waals surface area contributed by atoms with Crippen molar-refractivity contribution in [2.24, 2.45) is 5.73 Å². The monoisotopic (exact) mass is 406 g/mol. The average Bonchev–Trinajstić information content (AvgIpc) is 3.01. The second kappa shape index (κ2) is 7.59. The standard InChI is InChI=1S/C23H20F2N4O/c1-28(2)20-9-6-15(12-27-20)21-18-8-7-17(25)11-19(18)29(22(21)23(26)30)13-14-4-3-5-16(24)10-14/h3-12H,13H2,1-2H3,(H2,26,30). The number of rotatable bonds is 5. The van der Waals surface area contributed by atoms with E-state index >= 15 is 0 Å².